The average Bonchev–Trinajstić information content (AvgIpc) is 2.63. The molecule has 1 fully saturated rings. The Kier molecular flexibility index (Phi) is 2.51. The third-order valence-corrected chi connectivity index (χ3v) is 2.76. The molecule has 1 aromatic heterocycles. The Balaban J connectivity index is 2.15. The van der Waals surface area contributed by atoms with Gasteiger partial charge in [0.25, 0.3) is 0 Å². The Labute approximate surface area is 91.7 Å². The quantitative estimate of drug-likeness (QED) is 0.752. The molecule has 0 amide bonds. The minimum absolute atomic E-state index is 0.195. The third kappa shape index (κ3) is 1.83. The van der Waals surface area contributed by atoms with Gasteiger partial charge in [0.05, 0.1) is 6.20 Å². The second-order valence-electron chi connectivity index (χ2n) is 3.97. The first-order chi connectivity index (χ1) is 7.51. The van der Waals surface area contributed by atoms with Gasteiger partial charge in [-0.1, -0.05) is 0 Å². The van der Waals surface area contributed by atoms with E-state index in [9.17, 15) is 9.18 Å². The van der Waals surface area contributed by atoms with Gasteiger partial charge in [-0.15, -0.1) is 0 Å². The van der Waals surface area contributed by atoms with Gasteiger partial charge in [-0.3, -0.25) is 4.79 Å². The number of anilines is 1. The molecule has 0 saturated carbocycles. The van der Waals surface area contributed by atoms with Crippen LogP contribution in [0.5, 0.6) is 0 Å². The van der Waals surface area contributed by atoms with E-state index in [-0.39, 0.29) is 6.54 Å². The fourth-order valence-electron chi connectivity index (χ4n) is 1.76. The lowest BCUT2D eigenvalue weighted by Crippen LogP contribution is -2.50. The molecular weight excluding hydrogens is 213 g/mol. The number of rotatable bonds is 2. The smallest absolute Gasteiger partial charge is 0.325 e. The molecule has 5 nitrogen and oxygen atoms in total. The van der Waals surface area contributed by atoms with Crippen LogP contribution >= 0.6 is 0 Å². The molecule has 0 aliphatic carbocycles. The van der Waals surface area contributed by atoms with Crippen molar-refractivity contribution in [2.75, 3.05) is 18.0 Å². The van der Waals surface area contributed by atoms with Crippen molar-refractivity contribution in [1.29, 1.82) is 0 Å². The Hall–Kier alpha value is -1.69. The van der Waals surface area contributed by atoms with Crippen LogP contribution in [0.3, 0.4) is 0 Å². The predicted octanol–water partition coefficient (Wildman–Crippen LogP) is 0.213. The summed E-state index contributed by atoms with van der Waals surface area (Å²) in [4.78, 5) is 16.6. The van der Waals surface area contributed by atoms with E-state index >= 15 is 0 Å². The summed E-state index contributed by atoms with van der Waals surface area (Å²) in [6, 6.07) is 2.81. The Morgan fingerprint density at radius 1 is 1.62 bits per heavy atom. The average molecular weight is 225 g/mol. The molecule has 86 valence electrons. The van der Waals surface area contributed by atoms with Crippen molar-refractivity contribution in [3.05, 3.63) is 24.1 Å². The zero-order chi connectivity index (χ0) is 11.8. The van der Waals surface area contributed by atoms with Crippen molar-refractivity contribution >= 4 is 11.8 Å². The van der Waals surface area contributed by atoms with Gasteiger partial charge in [0.15, 0.2) is 0 Å². The second-order valence-corrected chi connectivity index (χ2v) is 3.97. The first kappa shape index (κ1) is 10.8. The molecular formula is C10H12FN3O2. The molecule has 2 rings (SSSR count). The van der Waals surface area contributed by atoms with Crippen LogP contribution in [0.2, 0.25) is 0 Å². The number of nitrogens with zero attached hydrogens (tertiary/aromatic N) is 2. The molecule has 1 aliphatic heterocycles. The van der Waals surface area contributed by atoms with Crippen LogP contribution in [0.15, 0.2) is 18.3 Å². The molecule has 0 spiro atoms. The van der Waals surface area contributed by atoms with Crippen LogP contribution < -0.4 is 10.6 Å². The van der Waals surface area contributed by atoms with Crippen LogP contribution in [0.4, 0.5) is 10.2 Å². The van der Waals surface area contributed by atoms with Crippen LogP contribution in [-0.4, -0.2) is 34.7 Å². The van der Waals surface area contributed by atoms with Gasteiger partial charge >= 0.3 is 5.97 Å². The summed E-state index contributed by atoms with van der Waals surface area (Å²) in [7, 11) is 0. The lowest BCUT2D eigenvalue weighted by molar-refractivity contribution is -0.142. The van der Waals surface area contributed by atoms with Gasteiger partial charge in [-0.05, 0) is 18.6 Å². The predicted molar refractivity (Wildman–Crippen MR) is 55.6 cm³/mol. The number of carbonyl (C=O) groups is 1. The molecule has 1 atom stereocenters. The van der Waals surface area contributed by atoms with Crippen LogP contribution in [0, 0.1) is 5.82 Å². The first-order valence-corrected chi connectivity index (χ1v) is 4.90. The van der Waals surface area contributed by atoms with Crippen molar-refractivity contribution in [2.45, 2.75) is 12.0 Å². The van der Waals surface area contributed by atoms with E-state index < -0.39 is 17.3 Å². The summed E-state index contributed by atoms with van der Waals surface area (Å²) in [6.45, 7) is 0.711. The number of pyridine rings is 1. The SMILES string of the molecule is NC1(C(=O)O)CCN(c2ccc(F)cn2)C1. The number of nitrogens with two attached hydrogens (primary N) is 1. The monoisotopic (exact) mass is 225 g/mol. The van der Waals surface area contributed by atoms with E-state index in [2.05, 4.69) is 4.98 Å². The minimum atomic E-state index is -1.23. The van der Waals surface area contributed by atoms with Crippen LogP contribution in [-0.2, 0) is 4.79 Å². The summed E-state index contributed by atoms with van der Waals surface area (Å²) in [6.07, 6.45) is 1.47. The van der Waals surface area contributed by atoms with E-state index in [1.54, 1.807) is 4.90 Å². The Morgan fingerprint density at radius 3 is 2.88 bits per heavy atom. The van der Waals surface area contributed by atoms with Crippen molar-refractivity contribution in [3.63, 3.8) is 0 Å². The summed E-state index contributed by atoms with van der Waals surface area (Å²) in [5.41, 5.74) is 4.49. The molecule has 16 heavy (non-hydrogen) atoms. The number of halogens is 1. The second kappa shape index (κ2) is 3.71. The largest absolute Gasteiger partial charge is 0.480 e. The maximum absolute atomic E-state index is 12.7. The van der Waals surface area contributed by atoms with Crippen LogP contribution in [0.1, 0.15) is 6.42 Å². The number of aliphatic carboxylic acids is 1. The fraction of sp³-hybridized carbons (Fsp3) is 0.400. The number of hydrogen-bond donors (Lipinski definition) is 2. The Morgan fingerprint density at radius 2 is 2.38 bits per heavy atom. The molecule has 0 bridgehead atoms. The fourth-order valence-corrected chi connectivity index (χ4v) is 1.76. The maximum atomic E-state index is 12.7. The summed E-state index contributed by atoms with van der Waals surface area (Å²) >= 11 is 0. The molecule has 2 heterocycles. The van der Waals surface area contributed by atoms with Gasteiger partial charge in [-0.2, -0.15) is 0 Å². The van der Waals surface area contributed by atoms with Crippen molar-refractivity contribution in [3.8, 4) is 0 Å². The highest BCUT2D eigenvalue weighted by atomic mass is 19.1. The zero-order valence-electron chi connectivity index (χ0n) is 8.56. The van der Waals surface area contributed by atoms with E-state index in [4.69, 9.17) is 10.8 Å². The van der Waals surface area contributed by atoms with Crippen molar-refractivity contribution < 1.29 is 14.3 Å². The molecule has 1 saturated heterocycles. The van der Waals surface area contributed by atoms with E-state index in [0.717, 1.165) is 6.20 Å². The lowest BCUT2D eigenvalue weighted by Gasteiger charge is -2.20. The molecule has 1 aliphatic rings. The molecule has 1 aromatic rings. The lowest BCUT2D eigenvalue weighted by atomic mass is 10.0. The summed E-state index contributed by atoms with van der Waals surface area (Å²) in [5.74, 6) is -0.882. The topological polar surface area (TPSA) is 79.5 Å². The zero-order valence-corrected chi connectivity index (χ0v) is 8.56. The van der Waals surface area contributed by atoms with E-state index in [1.807, 2.05) is 0 Å². The first-order valence-electron chi connectivity index (χ1n) is 4.90. The molecule has 1 unspecified atom stereocenters. The number of carboxylic acid groups (broad SMARTS) is 1. The summed E-state index contributed by atoms with van der Waals surface area (Å²) in [5, 5.41) is 8.95. The van der Waals surface area contributed by atoms with Gasteiger partial charge < -0.3 is 15.7 Å². The van der Waals surface area contributed by atoms with E-state index in [1.165, 1.54) is 12.1 Å². The number of aromatic nitrogens is 1. The van der Waals surface area contributed by atoms with Crippen molar-refractivity contribution in [1.82, 2.24) is 4.98 Å². The Bertz CT molecular complexity index is 409. The van der Waals surface area contributed by atoms with Crippen molar-refractivity contribution in [2.24, 2.45) is 5.73 Å². The minimum Gasteiger partial charge on any atom is -0.480 e. The van der Waals surface area contributed by atoms with Gasteiger partial charge in [0, 0.05) is 13.1 Å². The molecule has 6 heteroatoms. The van der Waals surface area contributed by atoms with Gasteiger partial charge in [0.1, 0.15) is 17.2 Å². The number of carboxylic acids is 1. The summed E-state index contributed by atoms with van der Waals surface area (Å²) < 4.78 is 12.7. The van der Waals surface area contributed by atoms with Gasteiger partial charge in [0.2, 0.25) is 0 Å². The number of hydrogen-bond acceptors (Lipinski definition) is 4. The van der Waals surface area contributed by atoms with Gasteiger partial charge in [-0.25, -0.2) is 9.37 Å². The van der Waals surface area contributed by atoms with Crippen LogP contribution in [0.25, 0.3) is 0 Å². The molecule has 3 N–H and O–H groups in total. The third-order valence-electron chi connectivity index (χ3n) is 2.76. The molecule has 0 radical (unpaired) electrons. The highest BCUT2D eigenvalue weighted by Crippen LogP contribution is 2.23. The normalized spacial score (nSPS) is 24.8. The molecule has 0 aromatic carbocycles. The highest BCUT2D eigenvalue weighted by Gasteiger charge is 2.41. The maximum Gasteiger partial charge on any atom is 0.325 e. The standard InChI is InChI=1S/C10H12FN3O2/c11-7-1-2-8(13-5-7)14-4-3-10(12,6-14)9(15)16/h1-2,5H,3-4,6,12H2,(H,15,16). The highest BCUT2D eigenvalue weighted by molar-refractivity contribution is 5.80. The van der Waals surface area contributed by atoms with E-state index in [0.29, 0.717) is 18.8 Å².